The molecule has 0 spiro atoms. The van der Waals surface area contributed by atoms with E-state index < -0.39 is 29.8 Å². The van der Waals surface area contributed by atoms with E-state index in [2.05, 4.69) is 21.0 Å². The quantitative estimate of drug-likeness (QED) is 0.672. The van der Waals surface area contributed by atoms with Crippen LogP contribution >= 0.6 is 0 Å². The monoisotopic (exact) mass is 444 g/mol. The van der Waals surface area contributed by atoms with Crippen LogP contribution in [0.4, 0.5) is 20.3 Å². The number of piperidine rings is 1. The van der Waals surface area contributed by atoms with Crippen LogP contribution in [0.25, 0.3) is 0 Å². The van der Waals surface area contributed by atoms with E-state index in [0.29, 0.717) is 32.6 Å². The number of fused-ring (bicyclic) bond motifs is 2. The molecule has 1 aromatic carbocycles. The Bertz CT molecular complexity index is 1040. The molecule has 0 bridgehead atoms. The van der Waals surface area contributed by atoms with E-state index in [1.165, 1.54) is 0 Å². The number of hydrogen-bond donors (Lipinski definition) is 3. The zero-order valence-corrected chi connectivity index (χ0v) is 17.8. The van der Waals surface area contributed by atoms with Gasteiger partial charge in [-0.3, -0.25) is 14.3 Å². The Morgan fingerprint density at radius 1 is 1.25 bits per heavy atom. The molecule has 0 aliphatic carbocycles. The van der Waals surface area contributed by atoms with Crippen LogP contribution in [0.1, 0.15) is 24.6 Å². The summed E-state index contributed by atoms with van der Waals surface area (Å²) in [4.78, 5) is 27.6. The Labute approximate surface area is 184 Å². The van der Waals surface area contributed by atoms with Gasteiger partial charge in [-0.1, -0.05) is 18.2 Å². The van der Waals surface area contributed by atoms with Gasteiger partial charge in [0.2, 0.25) is 11.8 Å². The van der Waals surface area contributed by atoms with Gasteiger partial charge in [-0.2, -0.15) is 5.10 Å². The lowest BCUT2D eigenvalue weighted by atomic mass is 9.93. The predicted octanol–water partition coefficient (Wildman–Crippen LogP) is 1.84. The van der Waals surface area contributed by atoms with Crippen molar-refractivity contribution in [3.8, 4) is 0 Å². The second kappa shape index (κ2) is 7.54. The van der Waals surface area contributed by atoms with Crippen LogP contribution < -0.4 is 16.0 Å². The number of amides is 2. The van der Waals surface area contributed by atoms with Crippen molar-refractivity contribution in [1.82, 2.24) is 20.0 Å². The molecule has 2 atom stereocenters. The van der Waals surface area contributed by atoms with Gasteiger partial charge in [0.05, 0.1) is 25.3 Å². The van der Waals surface area contributed by atoms with Crippen LogP contribution in [0.3, 0.4) is 0 Å². The molecule has 170 valence electrons. The molecule has 4 heterocycles. The second-order valence-corrected chi connectivity index (χ2v) is 9.03. The largest absolute Gasteiger partial charge is 0.371 e. The minimum absolute atomic E-state index is 0.00100. The molecule has 32 heavy (non-hydrogen) atoms. The Hall–Kier alpha value is -3.01. The zero-order chi connectivity index (χ0) is 22.5. The van der Waals surface area contributed by atoms with Crippen LogP contribution in [0, 0.1) is 5.92 Å². The average molecular weight is 444 g/mol. The summed E-state index contributed by atoms with van der Waals surface area (Å²) < 4.78 is 29.9. The number of para-hydroxylation sites is 1. The number of carbonyl (C=O) groups excluding carboxylic acids is 2. The number of alkyl halides is 2. The number of carbonyl (C=O) groups is 2. The van der Waals surface area contributed by atoms with Gasteiger partial charge < -0.3 is 20.9 Å². The highest BCUT2D eigenvalue weighted by atomic mass is 19.3. The van der Waals surface area contributed by atoms with E-state index in [1.54, 1.807) is 15.6 Å². The molecule has 2 aromatic rings. The summed E-state index contributed by atoms with van der Waals surface area (Å²) >= 11 is 0. The van der Waals surface area contributed by atoms with E-state index in [1.807, 2.05) is 31.2 Å². The number of rotatable bonds is 3. The molecule has 1 saturated heterocycles. The SMILES string of the molecule is CC1(C(=O)N2CCn3nc(NC(=O)C4CCNCC4(F)F)cc3C2)Cc2ccccc2N1. The minimum atomic E-state index is -3.09. The molecular weight excluding hydrogens is 418 g/mol. The number of nitrogens with one attached hydrogen (secondary N) is 3. The fraction of sp³-hybridized carbons (Fsp3) is 0.500. The lowest BCUT2D eigenvalue weighted by Gasteiger charge is -2.34. The van der Waals surface area contributed by atoms with Crippen molar-refractivity contribution in [2.24, 2.45) is 5.92 Å². The molecule has 2 unspecified atom stereocenters. The maximum absolute atomic E-state index is 14.1. The van der Waals surface area contributed by atoms with Crippen LogP contribution in [0.15, 0.2) is 30.3 Å². The number of nitrogens with zero attached hydrogens (tertiary/aromatic N) is 3. The van der Waals surface area contributed by atoms with Crippen LogP contribution in [0.2, 0.25) is 0 Å². The molecule has 8 nitrogen and oxygen atoms in total. The van der Waals surface area contributed by atoms with Gasteiger partial charge in [0.1, 0.15) is 11.5 Å². The molecule has 3 aliphatic heterocycles. The van der Waals surface area contributed by atoms with E-state index in [0.717, 1.165) is 16.9 Å². The number of hydrogen-bond acceptors (Lipinski definition) is 5. The minimum Gasteiger partial charge on any atom is -0.371 e. The van der Waals surface area contributed by atoms with Gasteiger partial charge in [-0.05, 0) is 31.5 Å². The molecule has 3 N–H and O–H groups in total. The van der Waals surface area contributed by atoms with Gasteiger partial charge in [0, 0.05) is 24.7 Å². The molecule has 1 fully saturated rings. The first-order valence-corrected chi connectivity index (χ1v) is 10.9. The number of halogens is 2. The van der Waals surface area contributed by atoms with Crippen molar-refractivity contribution >= 4 is 23.3 Å². The Morgan fingerprint density at radius 3 is 2.84 bits per heavy atom. The van der Waals surface area contributed by atoms with Crippen molar-refractivity contribution in [1.29, 1.82) is 0 Å². The third-order valence-electron chi connectivity index (χ3n) is 6.58. The average Bonchev–Trinajstić information content (AvgIpc) is 3.31. The van der Waals surface area contributed by atoms with Gasteiger partial charge in [-0.15, -0.1) is 0 Å². The maximum Gasteiger partial charge on any atom is 0.271 e. The summed E-state index contributed by atoms with van der Waals surface area (Å²) in [6.07, 6.45) is 0.687. The highest BCUT2D eigenvalue weighted by molar-refractivity contribution is 5.93. The topological polar surface area (TPSA) is 91.3 Å². The fourth-order valence-electron chi connectivity index (χ4n) is 4.87. The smallest absolute Gasteiger partial charge is 0.271 e. The van der Waals surface area contributed by atoms with E-state index in [9.17, 15) is 18.4 Å². The highest BCUT2D eigenvalue weighted by Crippen LogP contribution is 2.34. The Kier molecular flexibility index (Phi) is 4.92. The summed E-state index contributed by atoms with van der Waals surface area (Å²) in [7, 11) is 0. The molecule has 10 heteroatoms. The van der Waals surface area contributed by atoms with Crippen molar-refractivity contribution < 1.29 is 18.4 Å². The van der Waals surface area contributed by atoms with E-state index >= 15 is 0 Å². The summed E-state index contributed by atoms with van der Waals surface area (Å²) in [6.45, 7) is 3.09. The molecule has 2 amide bonds. The van der Waals surface area contributed by atoms with Crippen LogP contribution in [-0.4, -0.2) is 57.6 Å². The number of aromatic nitrogens is 2. The Balaban J connectivity index is 1.26. The summed E-state index contributed by atoms with van der Waals surface area (Å²) in [6, 6.07) is 9.56. The van der Waals surface area contributed by atoms with E-state index in [4.69, 9.17) is 0 Å². The van der Waals surface area contributed by atoms with Crippen molar-refractivity contribution in [3.05, 3.63) is 41.6 Å². The third kappa shape index (κ3) is 3.62. The molecular formula is C22H26F2N6O2. The van der Waals surface area contributed by atoms with E-state index in [-0.39, 0.29) is 18.1 Å². The van der Waals surface area contributed by atoms with Crippen molar-refractivity contribution in [2.45, 2.75) is 44.3 Å². The third-order valence-corrected chi connectivity index (χ3v) is 6.58. The van der Waals surface area contributed by atoms with Crippen LogP contribution in [-0.2, 0) is 29.1 Å². The van der Waals surface area contributed by atoms with Crippen molar-refractivity contribution in [3.63, 3.8) is 0 Å². The molecule has 0 saturated carbocycles. The van der Waals surface area contributed by atoms with Crippen molar-refractivity contribution in [2.75, 3.05) is 30.3 Å². The first-order valence-electron chi connectivity index (χ1n) is 10.9. The first kappa shape index (κ1) is 20.9. The molecule has 3 aliphatic rings. The predicted molar refractivity (Wildman–Crippen MR) is 114 cm³/mol. The maximum atomic E-state index is 14.1. The second-order valence-electron chi connectivity index (χ2n) is 9.03. The highest BCUT2D eigenvalue weighted by Gasteiger charge is 2.46. The number of anilines is 2. The van der Waals surface area contributed by atoms with Gasteiger partial charge in [0.25, 0.3) is 5.92 Å². The van der Waals surface area contributed by atoms with Gasteiger partial charge in [0.15, 0.2) is 5.82 Å². The van der Waals surface area contributed by atoms with Gasteiger partial charge in [-0.25, -0.2) is 8.78 Å². The summed E-state index contributed by atoms with van der Waals surface area (Å²) in [5.74, 6) is -4.95. The first-order chi connectivity index (χ1) is 15.2. The zero-order valence-electron chi connectivity index (χ0n) is 17.8. The summed E-state index contributed by atoms with van der Waals surface area (Å²) in [5.41, 5.74) is 2.13. The summed E-state index contributed by atoms with van der Waals surface area (Å²) in [5, 5.41) is 12.9. The van der Waals surface area contributed by atoms with Crippen LogP contribution in [0.5, 0.6) is 0 Å². The molecule has 0 radical (unpaired) electrons. The molecule has 5 rings (SSSR count). The molecule has 1 aromatic heterocycles. The fourth-order valence-corrected chi connectivity index (χ4v) is 4.87. The standard InChI is InChI=1S/C22H26F2N6O2/c1-21(11-14-4-2-3-5-17(14)27-21)20(32)29-8-9-30-15(12-29)10-18(28-30)26-19(31)16-6-7-25-13-22(16,23)24/h2-5,10,16,25,27H,6-9,11-13H2,1H3,(H,26,28,31). The number of benzene rings is 1. The normalized spacial score (nSPS) is 26.1. The lowest BCUT2D eigenvalue weighted by Crippen LogP contribution is -2.53. The van der Waals surface area contributed by atoms with Gasteiger partial charge >= 0.3 is 0 Å². The lowest BCUT2D eigenvalue weighted by molar-refractivity contribution is -0.138. The Morgan fingerprint density at radius 2 is 2.06 bits per heavy atom.